The fourth-order valence-corrected chi connectivity index (χ4v) is 3.18. The number of hydrogen-bond donors (Lipinski definition) is 2. The fourth-order valence-electron chi connectivity index (χ4n) is 2.69. The van der Waals surface area contributed by atoms with Crippen molar-refractivity contribution in [3.05, 3.63) is 58.1 Å². The van der Waals surface area contributed by atoms with Crippen molar-refractivity contribution in [3.63, 3.8) is 0 Å². The molecule has 1 aliphatic rings. The van der Waals surface area contributed by atoms with E-state index in [2.05, 4.69) is 22.8 Å². The smallest absolute Gasteiger partial charge is 0.319 e. The third-order valence-electron chi connectivity index (χ3n) is 4.34. The van der Waals surface area contributed by atoms with Crippen molar-refractivity contribution < 1.29 is 9.53 Å². The Balaban J connectivity index is 1.61. The summed E-state index contributed by atoms with van der Waals surface area (Å²) in [5.41, 5.74) is 1.64. The van der Waals surface area contributed by atoms with E-state index in [9.17, 15) is 4.79 Å². The van der Waals surface area contributed by atoms with Gasteiger partial charge < -0.3 is 15.4 Å². The van der Waals surface area contributed by atoms with Crippen LogP contribution in [0.5, 0.6) is 5.75 Å². The zero-order valence-electron chi connectivity index (χ0n) is 13.2. The summed E-state index contributed by atoms with van der Waals surface area (Å²) in [6, 6.07) is 12.8. The molecule has 1 aliphatic carbocycles. The van der Waals surface area contributed by atoms with Crippen LogP contribution in [0, 0.1) is 0 Å². The Morgan fingerprint density at radius 3 is 2.29 bits per heavy atom. The van der Waals surface area contributed by atoms with Crippen LogP contribution < -0.4 is 15.4 Å². The molecule has 0 radical (unpaired) electrons. The van der Waals surface area contributed by atoms with Crippen molar-refractivity contribution in [1.29, 1.82) is 0 Å². The van der Waals surface area contributed by atoms with Gasteiger partial charge in [0, 0.05) is 12.0 Å². The molecule has 1 fully saturated rings. The van der Waals surface area contributed by atoms with Crippen LogP contribution in [0.15, 0.2) is 42.5 Å². The Labute approximate surface area is 151 Å². The van der Waals surface area contributed by atoms with Gasteiger partial charge in [0.2, 0.25) is 0 Å². The highest BCUT2D eigenvalue weighted by Gasteiger charge is 2.44. The molecule has 0 bridgehead atoms. The van der Waals surface area contributed by atoms with Crippen molar-refractivity contribution >= 4 is 34.9 Å². The third kappa shape index (κ3) is 3.60. The summed E-state index contributed by atoms with van der Waals surface area (Å²) in [5.74, 6) is 0.827. The first-order valence-electron chi connectivity index (χ1n) is 7.67. The fraction of sp³-hybridized carbons (Fsp3) is 0.278. The molecule has 0 saturated heterocycles. The number of halogens is 2. The first kappa shape index (κ1) is 16.9. The maximum Gasteiger partial charge on any atom is 0.319 e. The highest BCUT2D eigenvalue weighted by molar-refractivity contribution is 6.39. The molecular weight excluding hydrogens is 347 g/mol. The number of rotatable bonds is 5. The van der Waals surface area contributed by atoms with E-state index in [1.807, 2.05) is 12.1 Å². The Kier molecular flexibility index (Phi) is 4.88. The van der Waals surface area contributed by atoms with Crippen LogP contribution in [0.2, 0.25) is 10.0 Å². The summed E-state index contributed by atoms with van der Waals surface area (Å²) >= 11 is 12.1. The number of para-hydroxylation sites is 1. The van der Waals surface area contributed by atoms with Crippen molar-refractivity contribution in [1.82, 2.24) is 5.32 Å². The van der Waals surface area contributed by atoms with Crippen LogP contribution in [0.1, 0.15) is 18.4 Å². The molecular formula is C18H18Cl2N2O2. The molecule has 24 heavy (non-hydrogen) atoms. The van der Waals surface area contributed by atoms with Crippen LogP contribution in [0.3, 0.4) is 0 Å². The van der Waals surface area contributed by atoms with Crippen LogP contribution in [-0.2, 0) is 5.41 Å². The molecule has 4 nitrogen and oxygen atoms in total. The maximum atomic E-state index is 12.2. The normalized spacial score (nSPS) is 14.8. The van der Waals surface area contributed by atoms with Gasteiger partial charge in [-0.3, -0.25) is 0 Å². The molecule has 0 spiro atoms. The van der Waals surface area contributed by atoms with E-state index in [1.54, 1.807) is 25.3 Å². The monoisotopic (exact) mass is 364 g/mol. The zero-order valence-corrected chi connectivity index (χ0v) is 14.7. The minimum Gasteiger partial charge on any atom is -0.497 e. The van der Waals surface area contributed by atoms with Crippen LogP contribution in [-0.4, -0.2) is 19.7 Å². The number of nitrogens with one attached hydrogen (secondary N) is 2. The highest BCUT2D eigenvalue weighted by atomic mass is 35.5. The number of urea groups is 1. The number of methoxy groups -OCH3 is 1. The molecule has 3 rings (SSSR count). The molecule has 1 saturated carbocycles. The second-order valence-electron chi connectivity index (χ2n) is 5.91. The number of ether oxygens (including phenoxy) is 1. The Hall–Kier alpha value is -1.91. The lowest BCUT2D eigenvalue weighted by Gasteiger charge is -2.18. The summed E-state index contributed by atoms with van der Waals surface area (Å²) < 4.78 is 5.18. The molecule has 2 N–H and O–H groups in total. The van der Waals surface area contributed by atoms with Gasteiger partial charge in [0.15, 0.2) is 0 Å². The second-order valence-corrected chi connectivity index (χ2v) is 6.73. The maximum absolute atomic E-state index is 12.2. The van der Waals surface area contributed by atoms with Crippen LogP contribution in [0.25, 0.3) is 0 Å². The van der Waals surface area contributed by atoms with Gasteiger partial charge in [-0.05, 0) is 42.7 Å². The summed E-state index contributed by atoms with van der Waals surface area (Å²) in [6.45, 7) is 0.563. The minimum absolute atomic E-state index is 0.00783. The van der Waals surface area contributed by atoms with Crippen molar-refractivity contribution in [2.45, 2.75) is 18.3 Å². The molecule has 2 aromatic rings. The van der Waals surface area contributed by atoms with Crippen molar-refractivity contribution in [3.8, 4) is 5.75 Å². The summed E-state index contributed by atoms with van der Waals surface area (Å²) in [6.07, 6.45) is 2.10. The van der Waals surface area contributed by atoms with Gasteiger partial charge in [-0.2, -0.15) is 0 Å². The van der Waals surface area contributed by atoms with Gasteiger partial charge in [0.1, 0.15) is 5.75 Å². The Bertz CT molecular complexity index is 723. The minimum atomic E-state index is -0.315. The second kappa shape index (κ2) is 6.91. The SMILES string of the molecule is COc1ccc(C2(CNC(=O)Nc3c(Cl)cccc3Cl)CC2)cc1. The summed E-state index contributed by atoms with van der Waals surface area (Å²) in [5, 5.41) is 6.45. The van der Waals surface area contributed by atoms with Crippen LogP contribution >= 0.6 is 23.2 Å². The molecule has 0 heterocycles. The summed E-state index contributed by atoms with van der Waals surface area (Å²) in [7, 11) is 1.65. The van der Waals surface area contributed by atoms with E-state index >= 15 is 0 Å². The lowest BCUT2D eigenvalue weighted by atomic mass is 9.96. The number of amides is 2. The van der Waals surface area contributed by atoms with Gasteiger partial charge in [0.05, 0.1) is 22.8 Å². The molecule has 2 aromatic carbocycles. The van der Waals surface area contributed by atoms with E-state index in [0.29, 0.717) is 22.3 Å². The summed E-state index contributed by atoms with van der Waals surface area (Å²) in [4.78, 5) is 12.2. The molecule has 0 unspecified atom stereocenters. The predicted octanol–water partition coefficient (Wildman–Crippen LogP) is 4.86. The van der Waals surface area contributed by atoms with Crippen molar-refractivity contribution in [2.75, 3.05) is 19.0 Å². The molecule has 0 aliphatic heterocycles. The lowest BCUT2D eigenvalue weighted by molar-refractivity contribution is 0.251. The van der Waals surface area contributed by atoms with Crippen molar-refractivity contribution in [2.24, 2.45) is 0 Å². The third-order valence-corrected chi connectivity index (χ3v) is 4.97. The molecule has 126 valence electrons. The zero-order chi connectivity index (χ0) is 17.2. The van der Waals surface area contributed by atoms with E-state index in [-0.39, 0.29) is 11.4 Å². The number of carbonyl (C=O) groups excluding carboxylic acids is 1. The average Bonchev–Trinajstić information content (AvgIpc) is 3.38. The lowest BCUT2D eigenvalue weighted by Crippen LogP contribution is -2.35. The first-order valence-corrected chi connectivity index (χ1v) is 8.43. The molecule has 0 aromatic heterocycles. The Morgan fingerprint density at radius 2 is 1.75 bits per heavy atom. The first-order chi connectivity index (χ1) is 11.5. The van der Waals surface area contributed by atoms with E-state index in [4.69, 9.17) is 27.9 Å². The van der Waals surface area contributed by atoms with E-state index in [1.165, 1.54) is 5.56 Å². The van der Waals surface area contributed by atoms with Gasteiger partial charge in [-0.25, -0.2) is 4.79 Å². The molecule has 2 amide bonds. The number of benzene rings is 2. The Morgan fingerprint density at radius 1 is 1.12 bits per heavy atom. The van der Waals surface area contributed by atoms with E-state index < -0.39 is 0 Å². The van der Waals surface area contributed by atoms with Gasteiger partial charge >= 0.3 is 6.03 Å². The number of anilines is 1. The number of hydrogen-bond acceptors (Lipinski definition) is 2. The average molecular weight is 365 g/mol. The van der Waals surface area contributed by atoms with Crippen LogP contribution in [0.4, 0.5) is 10.5 Å². The quantitative estimate of drug-likeness (QED) is 0.795. The van der Waals surface area contributed by atoms with Gasteiger partial charge in [-0.1, -0.05) is 41.4 Å². The van der Waals surface area contributed by atoms with E-state index in [0.717, 1.165) is 18.6 Å². The van der Waals surface area contributed by atoms with Gasteiger partial charge in [0.25, 0.3) is 0 Å². The van der Waals surface area contributed by atoms with Gasteiger partial charge in [-0.15, -0.1) is 0 Å². The largest absolute Gasteiger partial charge is 0.497 e. The number of carbonyl (C=O) groups is 1. The molecule has 0 atom stereocenters. The standard InChI is InChI=1S/C18H18Cl2N2O2/c1-24-13-7-5-12(6-8-13)18(9-10-18)11-21-17(23)22-16-14(19)3-2-4-15(16)20/h2-8H,9-11H2,1H3,(H2,21,22,23). The predicted molar refractivity (Wildman–Crippen MR) is 97.4 cm³/mol. The highest BCUT2D eigenvalue weighted by Crippen LogP contribution is 2.47. The molecule has 6 heteroatoms. The topological polar surface area (TPSA) is 50.4 Å².